The molecule has 0 bridgehead atoms. The van der Waals surface area contributed by atoms with Gasteiger partial charge in [0.25, 0.3) is 0 Å². The Morgan fingerprint density at radius 2 is 1.71 bits per heavy atom. The van der Waals surface area contributed by atoms with Gasteiger partial charge in [-0.05, 0) is 42.7 Å². The summed E-state index contributed by atoms with van der Waals surface area (Å²) in [5.74, 6) is 0.247. The van der Waals surface area contributed by atoms with E-state index in [1.165, 1.54) is 12.0 Å². The Kier molecular flexibility index (Phi) is 5.77. The van der Waals surface area contributed by atoms with Crippen molar-refractivity contribution in [3.8, 4) is 5.75 Å². The number of rotatable bonds is 6. The average Bonchev–Trinajstić information content (AvgIpc) is 2.54. The van der Waals surface area contributed by atoms with Crippen LogP contribution in [0.4, 0.5) is 0 Å². The van der Waals surface area contributed by atoms with Gasteiger partial charge in [-0.1, -0.05) is 55.8 Å². The van der Waals surface area contributed by atoms with Crippen molar-refractivity contribution >= 4 is 5.97 Å². The van der Waals surface area contributed by atoms with Crippen molar-refractivity contribution in [3.63, 3.8) is 0 Å². The fourth-order valence-corrected chi connectivity index (χ4v) is 1.94. The SMILES string of the molecule is CCCC=CCc1ccc(OC(=O)c2ccccc2)cc1. The molecule has 21 heavy (non-hydrogen) atoms. The monoisotopic (exact) mass is 280 g/mol. The van der Waals surface area contributed by atoms with E-state index in [4.69, 9.17) is 4.74 Å². The fraction of sp³-hybridized carbons (Fsp3) is 0.211. The molecule has 0 amide bonds. The van der Waals surface area contributed by atoms with Crippen molar-refractivity contribution in [2.24, 2.45) is 0 Å². The zero-order valence-corrected chi connectivity index (χ0v) is 12.3. The molecule has 0 N–H and O–H groups in total. The Morgan fingerprint density at radius 3 is 2.38 bits per heavy atom. The largest absolute Gasteiger partial charge is 0.423 e. The minimum absolute atomic E-state index is 0.328. The van der Waals surface area contributed by atoms with Crippen LogP contribution in [0.25, 0.3) is 0 Å². The smallest absolute Gasteiger partial charge is 0.343 e. The van der Waals surface area contributed by atoms with Gasteiger partial charge >= 0.3 is 5.97 Å². The molecule has 0 aliphatic carbocycles. The average molecular weight is 280 g/mol. The highest BCUT2D eigenvalue weighted by Crippen LogP contribution is 2.15. The summed E-state index contributed by atoms with van der Waals surface area (Å²) in [6.45, 7) is 2.17. The molecule has 0 saturated heterocycles. The lowest BCUT2D eigenvalue weighted by atomic mass is 10.1. The van der Waals surface area contributed by atoms with Crippen LogP contribution in [0.1, 0.15) is 35.7 Å². The van der Waals surface area contributed by atoms with Crippen LogP contribution in [0.15, 0.2) is 66.7 Å². The molecule has 0 aromatic heterocycles. The molecule has 2 nitrogen and oxygen atoms in total. The maximum atomic E-state index is 11.9. The molecule has 0 saturated carbocycles. The molecule has 2 rings (SSSR count). The number of esters is 1. The highest BCUT2D eigenvalue weighted by Gasteiger charge is 2.07. The molecule has 0 spiro atoms. The van der Waals surface area contributed by atoms with Crippen molar-refractivity contribution in [2.45, 2.75) is 26.2 Å². The summed E-state index contributed by atoms with van der Waals surface area (Å²) in [4.78, 5) is 11.9. The van der Waals surface area contributed by atoms with E-state index in [0.29, 0.717) is 11.3 Å². The van der Waals surface area contributed by atoms with Crippen molar-refractivity contribution in [1.82, 2.24) is 0 Å². The Labute approximate surface area is 126 Å². The van der Waals surface area contributed by atoms with Crippen molar-refractivity contribution in [2.75, 3.05) is 0 Å². The third-order valence-electron chi connectivity index (χ3n) is 3.12. The second kappa shape index (κ2) is 8.05. The van der Waals surface area contributed by atoms with Gasteiger partial charge in [-0.2, -0.15) is 0 Å². The summed E-state index contributed by atoms with van der Waals surface area (Å²) in [5.41, 5.74) is 1.77. The summed E-state index contributed by atoms with van der Waals surface area (Å²) >= 11 is 0. The van der Waals surface area contributed by atoms with Crippen molar-refractivity contribution in [1.29, 1.82) is 0 Å². The first-order valence-corrected chi connectivity index (χ1v) is 7.30. The number of hydrogen-bond donors (Lipinski definition) is 0. The van der Waals surface area contributed by atoms with E-state index in [1.807, 2.05) is 42.5 Å². The van der Waals surface area contributed by atoms with E-state index in [-0.39, 0.29) is 5.97 Å². The fourth-order valence-electron chi connectivity index (χ4n) is 1.94. The Hall–Kier alpha value is -2.35. The standard InChI is InChI=1S/C19H20O2/c1-2-3-4-6-9-16-12-14-18(15-13-16)21-19(20)17-10-7-5-8-11-17/h4-8,10-15H,2-3,9H2,1H3. The lowest BCUT2D eigenvalue weighted by molar-refractivity contribution is 0.0734. The van der Waals surface area contributed by atoms with Gasteiger partial charge in [0.2, 0.25) is 0 Å². The predicted octanol–water partition coefficient (Wildman–Crippen LogP) is 4.80. The number of carbonyl (C=O) groups excluding carboxylic acids is 1. The Bertz CT molecular complexity index is 583. The van der Waals surface area contributed by atoms with E-state index in [2.05, 4.69) is 19.1 Å². The number of ether oxygens (including phenoxy) is 1. The zero-order valence-electron chi connectivity index (χ0n) is 12.3. The molecular weight excluding hydrogens is 260 g/mol. The number of carbonyl (C=O) groups is 1. The summed E-state index contributed by atoms with van der Waals surface area (Å²) in [5, 5.41) is 0. The highest BCUT2D eigenvalue weighted by atomic mass is 16.5. The van der Waals surface area contributed by atoms with Gasteiger partial charge in [-0.25, -0.2) is 4.79 Å². The molecule has 0 atom stereocenters. The van der Waals surface area contributed by atoms with Gasteiger partial charge in [0.05, 0.1) is 5.56 Å². The van der Waals surface area contributed by atoms with Crippen molar-refractivity contribution in [3.05, 3.63) is 77.9 Å². The molecule has 0 aliphatic rings. The quantitative estimate of drug-likeness (QED) is 0.431. The molecule has 0 heterocycles. The van der Waals surface area contributed by atoms with E-state index < -0.39 is 0 Å². The highest BCUT2D eigenvalue weighted by molar-refractivity contribution is 5.90. The molecule has 0 aliphatic heterocycles. The first-order chi connectivity index (χ1) is 10.3. The van der Waals surface area contributed by atoms with E-state index in [1.54, 1.807) is 12.1 Å². The minimum atomic E-state index is -0.328. The third-order valence-corrected chi connectivity index (χ3v) is 3.12. The summed E-state index contributed by atoms with van der Waals surface area (Å²) in [6.07, 6.45) is 7.57. The van der Waals surface area contributed by atoms with Gasteiger partial charge in [0.15, 0.2) is 0 Å². The molecule has 2 aromatic carbocycles. The Balaban J connectivity index is 1.92. The molecule has 0 unspecified atom stereocenters. The van der Waals surface area contributed by atoms with Crippen LogP contribution < -0.4 is 4.74 Å². The van der Waals surface area contributed by atoms with Crippen LogP contribution >= 0.6 is 0 Å². The van der Waals surface area contributed by atoms with Gasteiger partial charge in [-0.3, -0.25) is 0 Å². The summed E-state index contributed by atoms with van der Waals surface area (Å²) in [7, 11) is 0. The summed E-state index contributed by atoms with van der Waals surface area (Å²) < 4.78 is 5.34. The van der Waals surface area contributed by atoms with Crippen LogP contribution in [0.5, 0.6) is 5.75 Å². The van der Waals surface area contributed by atoms with Crippen LogP contribution in [0.2, 0.25) is 0 Å². The molecule has 2 heteroatoms. The molecule has 2 aromatic rings. The summed E-state index contributed by atoms with van der Waals surface area (Å²) in [6, 6.07) is 16.7. The number of unbranched alkanes of at least 4 members (excludes halogenated alkanes) is 1. The predicted molar refractivity (Wildman–Crippen MR) is 85.6 cm³/mol. The third kappa shape index (κ3) is 4.92. The topological polar surface area (TPSA) is 26.3 Å². The van der Waals surface area contributed by atoms with Crippen LogP contribution in [-0.4, -0.2) is 5.97 Å². The maximum Gasteiger partial charge on any atom is 0.343 e. The van der Waals surface area contributed by atoms with E-state index in [0.717, 1.165) is 12.8 Å². The van der Waals surface area contributed by atoms with Crippen LogP contribution in [-0.2, 0) is 6.42 Å². The first kappa shape index (κ1) is 15.0. The zero-order chi connectivity index (χ0) is 14.9. The number of hydrogen-bond acceptors (Lipinski definition) is 2. The van der Waals surface area contributed by atoms with Gasteiger partial charge in [0.1, 0.15) is 5.75 Å². The molecular formula is C19H20O2. The molecule has 0 radical (unpaired) electrons. The lowest BCUT2D eigenvalue weighted by Crippen LogP contribution is -2.07. The maximum absolute atomic E-state index is 11.9. The molecule has 0 fully saturated rings. The minimum Gasteiger partial charge on any atom is -0.423 e. The van der Waals surface area contributed by atoms with Gasteiger partial charge < -0.3 is 4.74 Å². The van der Waals surface area contributed by atoms with Gasteiger partial charge in [0, 0.05) is 0 Å². The second-order valence-corrected chi connectivity index (χ2v) is 4.86. The Morgan fingerprint density at radius 1 is 1.00 bits per heavy atom. The van der Waals surface area contributed by atoms with Gasteiger partial charge in [-0.15, -0.1) is 0 Å². The van der Waals surface area contributed by atoms with E-state index in [9.17, 15) is 4.79 Å². The normalized spacial score (nSPS) is 10.7. The van der Waals surface area contributed by atoms with Crippen LogP contribution in [0, 0.1) is 0 Å². The van der Waals surface area contributed by atoms with E-state index >= 15 is 0 Å². The number of allylic oxidation sites excluding steroid dienone is 2. The van der Waals surface area contributed by atoms with Crippen LogP contribution in [0.3, 0.4) is 0 Å². The first-order valence-electron chi connectivity index (χ1n) is 7.30. The molecule has 108 valence electrons. The number of benzene rings is 2. The van der Waals surface area contributed by atoms with Crippen molar-refractivity contribution < 1.29 is 9.53 Å². The second-order valence-electron chi connectivity index (χ2n) is 4.86. The lowest BCUT2D eigenvalue weighted by Gasteiger charge is -2.05.